The fourth-order valence-electron chi connectivity index (χ4n) is 2.41. The number of aliphatic hydroxyl groups excluding tert-OH is 1. The van der Waals surface area contributed by atoms with Gasteiger partial charge in [-0.3, -0.25) is 0 Å². The molecule has 0 aliphatic heterocycles. The highest BCUT2D eigenvalue weighted by Crippen LogP contribution is 2.26. The SMILES string of the molecule is CC1CCCCC1OCC(O)CNC(C)(C)C(C)(C)O. The third-order valence-electron chi connectivity index (χ3n) is 4.84. The van der Waals surface area contributed by atoms with Gasteiger partial charge in [-0.15, -0.1) is 0 Å². The van der Waals surface area contributed by atoms with E-state index in [9.17, 15) is 10.2 Å². The maximum absolute atomic E-state index is 10.1. The third kappa shape index (κ3) is 5.32. The summed E-state index contributed by atoms with van der Waals surface area (Å²) in [5.74, 6) is 0.594. The van der Waals surface area contributed by atoms with E-state index in [2.05, 4.69) is 12.2 Å². The van der Waals surface area contributed by atoms with Gasteiger partial charge in [0, 0.05) is 12.1 Å². The number of ether oxygens (including phenoxy) is 1. The van der Waals surface area contributed by atoms with Gasteiger partial charge in [-0.2, -0.15) is 0 Å². The highest BCUT2D eigenvalue weighted by atomic mass is 16.5. The minimum absolute atomic E-state index is 0.292. The number of nitrogens with one attached hydrogen (secondary N) is 1. The lowest BCUT2D eigenvalue weighted by Gasteiger charge is -2.39. The maximum Gasteiger partial charge on any atom is 0.0898 e. The first-order valence-electron chi connectivity index (χ1n) is 7.90. The van der Waals surface area contributed by atoms with Crippen molar-refractivity contribution in [3.8, 4) is 0 Å². The van der Waals surface area contributed by atoms with Crippen molar-refractivity contribution in [2.75, 3.05) is 13.2 Å². The Morgan fingerprint density at radius 3 is 2.35 bits per heavy atom. The molecule has 0 bridgehead atoms. The molecule has 0 radical (unpaired) electrons. The van der Waals surface area contributed by atoms with Gasteiger partial charge in [-0.25, -0.2) is 0 Å². The van der Waals surface area contributed by atoms with Gasteiger partial charge in [-0.05, 0) is 46.5 Å². The molecule has 3 atom stereocenters. The summed E-state index contributed by atoms with van der Waals surface area (Å²) in [4.78, 5) is 0. The Kier molecular flexibility index (Phi) is 6.45. The minimum atomic E-state index is -0.842. The van der Waals surface area contributed by atoms with E-state index >= 15 is 0 Å². The summed E-state index contributed by atoms with van der Waals surface area (Å²) < 4.78 is 5.86. The van der Waals surface area contributed by atoms with Crippen LogP contribution in [0.3, 0.4) is 0 Å². The van der Waals surface area contributed by atoms with Crippen LogP contribution in [0.2, 0.25) is 0 Å². The van der Waals surface area contributed by atoms with E-state index in [-0.39, 0.29) is 0 Å². The maximum atomic E-state index is 10.1. The van der Waals surface area contributed by atoms with Crippen LogP contribution in [0.25, 0.3) is 0 Å². The molecule has 3 unspecified atom stereocenters. The summed E-state index contributed by atoms with van der Waals surface area (Å²) >= 11 is 0. The topological polar surface area (TPSA) is 61.7 Å². The summed E-state index contributed by atoms with van der Waals surface area (Å²) in [5.41, 5.74) is -1.29. The number of β-amino-alcohol motifs (C(OH)–C–C–N with tert-alkyl or cyclic N) is 1. The van der Waals surface area contributed by atoms with Gasteiger partial charge >= 0.3 is 0 Å². The van der Waals surface area contributed by atoms with Crippen molar-refractivity contribution < 1.29 is 14.9 Å². The normalized spacial score (nSPS) is 26.6. The molecule has 0 aromatic rings. The van der Waals surface area contributed by atoms with E-state index in [1.54, 1.807) is 13.8 Å². The van der Waals surface area contributed by atoms with Crippen LogP contribution < -0.4 is 5.32 Å². The van der Waals surface area contributed by atoms with Crippen molar-refractivity contribution in [2.45, 2.75) is 83.6 Å². The fourth-order valence-corrected chi connectivity index (χ4v) is 2.41. The summed E-state index contributed by atoms with van der Waals surface area (Å²) in [6.07, 6.45) is 4.62. The Hall–Kier alpha value is -0.160. The zero-order valence-electron chi connectivity index (χ0n) is 13.8. The van der Waals surface area contributed by atoms with E-state index in [0.29, 0.717) is 25.2 Å². The first-order valence-corrected chi connectivity index (χ1v) is 7.90. The Morgan fingerprint density at radius 2 is 1.80 bits per heavy atom. The quantitative estimate of drug-likeness (QED) is 0.671. The van der Waals surface area contributed by atoms with Crippen LogP contribution in [0.4, 0.5) is 0 Å². The average molecular weight is 287 g/mol. The zero-order chi connectivity index (χ0) is 15.4. The van der Waals surface area contributed by atoms with Crippen LogP contribution in [0, 0.1) is 5.92 Å². The smallest absolute Gasteiger partial charge is 0.0898 e. The molecule has 0 spiro atoms. The van der Waals surface area contributed by atoms with Gasteiger partial charge in [0.15, 0.2) is 0 Å². The molecule has 3 N–H and O–H groups in total. The fraction of sp³-hybridized carbons (Fsp3) is 1.00. The molecule has 0 amide bonds. The lowest BCUT2D eigenvalue weighted by molar-refractivity contribution is -0.0528. The lowest BCUT2D eigenvalue weighted by Crippen LogP contribution is -2.57. The molecule has 1 saturated carbocycles. The molecule has 0 heterocycles. The van der Waals surface area contributed by atoms with Crippen LogP contribution in [-0.4, -0.2) is 46.7 Å². The molecule has 120 valence electrons. The van der Waals surface area contributed by atoms with E-state index in [4.69, 9.17) is 4.74 Å². The summed E-state index contributed by atoms with van der Waals surface area (Å²) in [6, 6.07) is 0. The molecule has 1 aliphatic rings. The van der Waals surface area contributed by atoms with E-state index < -0.39 is 17.2 Å². The molecule has 1 aliphatic carbocycles. The molecular weight excluding hydrogens is 254 g/mol. The van der Waals surface area contributed by atoms with Gasteiger partial charge in [0.1, 0.15) is 0 Å². The number of hydrogen-bond acceptors (Lipinski definition) is 4. The number of aliphatic hydroxyl groups is 2. The van der Waals surface area contributed by atoms with Crippen molar-refractivity contribution in [1.82, 2.24) is 5.32 Å². The van der Waals surface area contributed by atoms with Crippen molar-refractivity contribution >= 4 is 0 Å². The Labute approximate surface area is 123 Å². The second-order valence-electron chi connectivity index (χ2n) is 7.35. The third-order valence-corrected chi connectivity index (χ3v) is 4.84. The second kappa shape index (κ2) is 7.21. The predicted molar refractivity (Wildman–Crippen MR) is 81.8 cm³/mol. The van der Waals surface area contributed by atoms with Gasteiger partial charge < -0.3 is 20.3 Å². The molecule has 0 aromatic carbocycles. The predicted octanol–water partition coefficient (Wildman–Crippen LogP) is 2.08. The van der Waals surface area contributed by atoms with E-state index in [1.807, 2.05) is 13.8 Å². The van der Waals surface area contributed by atoms with Gasteiger partial charge in [0.05, 0.1) is 24.4 Å². The summed E-state index contributed by atoms with van der Waals surface area (Å²) in [6.45, 7) is 10.4. The molecule has 0 aromatic heterocycles. The zero-order valence-corrected chi connectivity index (χ0v) is 13.8. The van der Waals surface area contributed by atoms with E-state index in [1.165, 1.54) is 19.3 Å². The lowest BCUT2D eigenvalue weighted by atomic mass is 9.86. The molecule has 20 heavy (non-hydrogen) atoms. The summed E-state index contributed by atoms with van der Waals surface area (Å²) in [5, 5.41) is 23.3. The number of rotatable bonds is 7. The monoisotopic (exact) mass is 287 g/mol. The molecular formula is C16H33NO3. The first-order chi connectivity index (χ1) is 9.13. The van der Waals surface area contributed by atoms with Crippen molar-refractivity contribution in [3.63, 3.8) is 0 Å². The molecule has 4 nitrogen and oxygen atoms in total. The molecule has 0 saturated heterocycles. The van der Waals surface area contributed by atoms with Gasteiger partial charge in [0.25, 0.3) is 0 Å². The highest BCUT2D eigenvalue weighted by Gasteiger charge is 2.34. The second-order valence-corrected chi connectivity index (χ2v) is 7.35. The van der Waals surface area contributed by atoms with Crippen LogP contribution in [0.1, 0.15) is 60.3 Å². The standard InChI is InChI=1S/C16H33NO3/c1-12-8-6-7-9-14(12)20-11-13(18)10-17-15(2,3)16(4,5)19/h12-14,17-19H,6-11H2,1-5H3. The molecule has 1 rings (SSSR count). The highest BCUT2D eigenvalue weighted by molar-refractivity contribution is 4.93. The Bertz CT molecular complexity index is 286. The first kappa shape index (κ1) is 17.9. The molecule has 4 heteroatoms. The van der Waals surface area contributed by atoms with Crippen LogP contribution >= 0.6 is 0 Å². The van der Waals surface area contributed by atoms with Gasteiger partial charge in [0.2, 0.25) is 0 Å². The molecule has 1 fully saturated rings. The minimum Gasteiger partial charge on any atom is -0.389 e. The van der Waals surface area contributed by atoms with Gasteiger partial charge in [-0.1, -0.05) is 19.8 Å². The van der Waals surface area contributed by atoms with Crippen LogP contribution in [0.5, 0.6) is 0 Å². The van der Waals surface area contributed by atoms with Crippen LogP contribution in [-0.2, 0) is 4.74 Å². The average Bonchev–Trinajstić information content (AvgIpc) is 2.34. The van der Waals surface area contributed by atoms with Crippen LogP contribution in [0.15, 0.2) is 0 Å². The largest absolute Gasteiger partial charge is 0.389 e. The summed E-state index contributed by atoms with van der Waals surface area (Å²) in [7, 11) is 0. The number of hydrogen-bond donors (Lipinski definition) is 3. The van der Waals surface area contributed by atoms with Crippen molar-refractivity contribution in [2.24, 2.45) is 5.92 Å². The van der Waals surface area contributed by atoms with Crippen molar-refractivity contribution in [1.29, 1.82) is 0 Å². The van der Waals surface area contributed by atoms with Crippen molar-refractivity contribution in [3.05, 3.63) is 0 Å². The Morgan fingerprint density at radius 1 is 1.20 bits per heavy atom. The Balaban J connectivity index is 2.28. The van der Waals surface area contributed by atoms with E-state index in [0.717, 1.165) is 6.42 Å².